The molecule has 4 saturated carbocycles. The van der Waals surface area contributed by atoms with Gasteiger partial charge in [-0.15, -0.1) is 0 Å². The van der Waals surface area contributed by atoms with E-state index in [4.69, 9.17) is 4.42 Å². The van der Waals surface area contributed by atoms with Crippen molar-refractivity contribution in [3.05, 3.63) is 174 Å². The molecule has 0 unspecified atom stereocenters. The van der Waals surface area contributed by atoms with Gasteiger partial charge in [0, 0.05) is 44.2 Å². The third kappa shape index (κ3) is 4.54. The fraction of sp³-hybridized carbons (Fsp3) is 0.236. The molecule has 4 bridgehead atoms. The third-order valence-corrected chi connectivity index (χ3v) is 17.5. The van der Waals surface area contributed by atoms with E-state index < -0.39 is 9.84 Å². The molecule has 0 amide bonds. The normalized spacial score (nSPS) is 24.6. The van der Waals surface area contributed by atoms with Crippen molar-refractivity contribution in [1.29, 1.82) is 0 Å². The fourth-order valence-electron chi connectivity index (χ4n) is 13.4. The first-order valence-corrected chi connectivity index (χ1v) is 23.2. The summed E-state index contributed by atoms with van der Waals surface area (Å²) >= 11 is 0. The van der Waals surface area contributed by atoms with Gasteiger partial charge in [0.1, 0.15) is 11.2 Å². The van der Waals surface area contributed by atoms with E-state index in [2.05, 4.69) is 140 Å². The van der Waals surface area contributed by atoms with Gasteiger partial charge in [-0.1, -0.05) is 117 Å². The van der Waals surface area contributed by atoms with Crippen LogP contribution in [-0.2, 0) is 20.7 Å². The zero-order valence-corrected chi connectivity index (χ0v) is 34.7. The number of sulfone groups is 1. The molecule has 1 aliphatic heterocycles. The van der Waals surface area contributed by atoms with Gasteiger partial charge < -0.3 is 9.32 Å². The highest BCUT2D eigenvalue weighted by Crippen LogP contribution is 2.68. The third-order valence-electron chi connectivity index (χ3n) is 15.7. The Labute approximate surface area is 351 Å². The van der Waals surface area contributed by atoms with E-state index in [-0.39, 0.29) is 10.8 Å². The molecule has 0 saturated heterocycles. The van der Waals surface area contributed by atoms with E-state index >= 15 is 8.42 Å². The van der Waals surface area contributed by atoms with Gasteiger partial charge in [-0.3, -0.25) is 0 Å². The first kappa shape index (κ1) is 34.9. The van der Waals surface area contributed by atoms with Crippen LogP contribution in [0.3, 0.4) is 0 Å². The monoisotopic (exact) mass is 799 g/mol. The van der Waals surface area contributed by atoms with Crippen LogP contribution in [0.5, 0.6) is 0 Å². The zero-order valence-electron chi connectivity index (χ0n) is 33.9. The molecule has 294 valence electrons. The van der Waals surface area contributed by atoms with Crippen molar-refractivity contribution in [1.82, 2.24) is 0 Å². The maximum absolute atomic E-state index is 15.1. The number of para-hydroxylation sites is 2. The molecule has 14 rings (SSSR count). The van der Waals surface area contributed by atoms with E-state index in [0.29, 0.717) is 21.6 Å². The Morgan fingerprint density at radius 2 is 1.13 bits per heavy atom. The lowest BCUT2D eigenvalue weighted by Crippen LogP contribution is -2.57. The van der Waals surface area contributed by atoms with Gasteiger partial charge in [0.25, 0.3) is 0 Å². The van der Waals surface area contributed by atoms with Gasteiger partial charge in [-0.2, -0.15) is 0 Å². The van der Waals surface area contributed by atoms with Crippen LogP contribution in [0.2, 0.25) is 0 Å². The molecule has 0 N–H and O–H groups in total. The molecule has 2 heterocycles. The minimum absolute atomic E-state index is 0.207. The second kappa shape index (κ2) is 12.1. The average Bonchev–Trinajstić information content (AvgIpc) is 3.76. The second-order valence-corrected chi connectivity index (χ2v) is 20.8. The Balaban J connectivity index is 1.03. The molecular formula is C55H45NO3S. The van der Waals surface area contributed by atoms with Gasteiger partial charge >= 0.3 is 0 Å². The summed E-state index contributed by atoms with van der Waals surface area (Å²) in [6.45, 7) is 4.63. The summed E-state index contributed by atoms with van der Waals surface area (Å²) in [6, 6.07) is 53.3. The second-order valence-electron chi connectivity index (χ2n) is 18.9. The molecule has 5 aliphatic carbocycles. The van der Waals surface area contributed by atoms with E-state index in [9.17, 15) is 0 Å². The summed E-state index contributed by atoms with van der Waals surface area (Å²) in [5, 5.41) is 2.19. The first-order valence-electron chi connectivity index (χ1n) is 21.8. The standard InChI is InChI=1S/C55H45NO3S/c1-54(2)46-17-5-3-13-42(46)43-23-21-39(31-49(43)54)56(38-12-9-11-35(30-38)41-15-10-16-45-44-14-4-7-19-50(44)59-53(41)45)40-22-24-48-52(32-40)60(57,58)51-20-8-6-18-47(51)55(48)36-26-33-25-34(28-36)29-37(55)27-33/h3-24,30-34,36-37H,25-29H2,1-2H3. The molecule has 5 heteroatoms. The maximum Gasteiger partial charge on any atom is 0.207 e. The summed E-state index contributed by atoms with van der Waals surface area (Å²) in [5.41, 5.74) is 13.2. The topological polar surface area (TPSA) is 50.5 Å². The quantitative estimate of drug-likeness (QED) is 0.178. The van der Waals surface area contributed by atoms with Gasteiger partial charge in [0.2, 0.25) is 9.84 Å². The average molecular weight is 800 g/mol. The van der Waals surface area contributed by atoms with Crippen molar-refractivity contribution in [3.63, 3.8) is 0 Å². The summed E-state index contributed by atoms with van der Waals surface area (Å²) in [5.74, 6) is 2.42. The molecule has 4 nitrogen and oxygen atoms in total. The van der Waals surface area contributed by atoms with Gasteiger partial charge in [-0.05, 0) is 143 Å². The summed E-state index contributed by atoms with van der Waals surface area (Å²) in [4.78, 5) is 3.27. The van der Waals surface area contributed by atoms with Gasteiger partial charge in [0.15, 0.2) is 0 Å². The molecule has 0 atom stereocenters. The van der Waals surface area contributed by atoms with Crippen LogP contribution in [0.15, 0.2) is 166 Å². The molecule has 1 spiro atoms. The van der Waals surface area contributed by atoms with Crippen LogP contribution in [0, 0.1) is 23.7 Å². The molecule has 7 aromatic carbocycles. The molecule has 60 heavy (non-hydrogen) atoms. The fourth-order valence-corrected chi connectivity index (χ4v) is 15.2. The minimum atomic E-state index is -3.82. The predicted molar refractivity (Wildman–Crippen MR) is 241 cm³/mol. The summed E-state index contributed by atoms with van der Waals surface area (Å²) < 4.78 is 36.8. The van der Waals surface area contributed by atoms with Crippen LogP contribution in [-0.4, -0.2) is 8.42 Å². The SMILES string of the molecule is CC1(C)c2ccccc2-c2ccc(N(c3cccc(-c4cccc5c4oc4ccccc45)c3)c3ccc4c(c3)S(=O)(=O)c3ccccc3C43C4CC5CC(C4)CC3C5)cc21. The number of hydrogen-bond acceptors (Lipinski definition) is 4. The Bertz CT molecular complexity index is 3220. The lowest BCUT2D eigenvalue weighted by Gasteiger charge is -2.63. The molecule has 8 aromatic rings. The van der Waals surface area contributed by atoms with E-state index in [1.807, 2.05) is 30.3 Å². The highest BCUT2D eigenvalue weighted by atomic mass is 32.2. The van der Waals surface area contributed by atoms with Crippen LogP contribution < -0.4 is 4.90 Å². The van der Waals surface area contributed by atoms with Crippen LogP contribution in [0.25, 0.3) is 44.2 Å². The van der Waals surface area contributed by atoms with Crippen LogP contribution in [0.1, 0.15) is 68.2 Å². The van der Waals surface area contributed by atoms with Crippen LogP contribution in [0.4, 0.5) is 17.1 Å². The molecule has 0 radical (unpaired) electrons. The maximum atomic E-state index is 15.1. The van der Waals surface area contributed by atoms with Crippen molar-refractivity contribution in [3.8, 4) is 22.3 Å². The lowest BCUT2D eigenvalue weighted by atomic mass is 9.42. The van der Waals surface area contributed by atoms with Crippen molar-refractivity contribution in [2.24, 2.45) is 23.7 Å². The Morgan fingerprint density at radius 1 is 0.517 bits per heavy atom. The van der Waals surface area contributed by atoms with E-state index in [0.717, 1.165) is 73.1 Å². The number of furan rings is 1. The molecule has 6 aliphatic rings. The number of anilines is 3. The predicted octanol–water partition coefficient (Wildman–Crippen LogP) is 13.9. The van der Waals surface area contributed by atoms with Crippen molar-refractivity contribution < 1.29 is 12.8 Å². The van der Waals surface area contributed by atoms with Gasteiger partial charge in [-0.25, -0.2) is 8.42 Å². The highest BCUT2D eigenvalue weighted by Gasteiger charge is 2.62. The van der Waals surface area contributed by atoms with Crippen molar-refractivity contribution in [2.75, 3.05) is 4.90 Å². The number of rotatable bonds is 4. The molecular weight excluding hydrogens is 755 g/mol. The summed E-state index contributed by atoms with van der Waals surface area (Å²) in [6.07, 6.45) is 6.09. The molecule has 1 aromatic heterocycles. The largest absolute Gasteiger partial charge is 0.455 e. The number of hydrogen-bond donors (Lipinski definition) is 0. The Morgan fingerprint density at radius 3 is 1.97 bits per heavy atom. The lowest BCUT2D eigenvalue weighted by molar-refractivity contribution is -0.0446. The van der Waals surface area contributed by atoms with Crippen molar-refractivity contribution >= 4 is 48.8 Å². The van der Waals surface area contributed by atoms with Crippen molar-refractivity contribution in [2.45, 2.75) is 66.6 Å². The highest BCUT2D eigenvalue weighted by molar-refractivity contribution is 7.91. The first-order chi connectivity index (χ1) is 29.2. The van der Waals surface area contributed by atoms with E-state index in [1.165, 1.54) is 54.4 Å². The number of benzene rings is 7. The van der Waals surface area contributed by atoms with Crippen LogP contribution >= 0.6 is 0 Å². The van der Waals surface area contributed by atoms with Gasteiger partial charge in [0.05, 0.1) is 9.79 Å². The minimum Gasteiger partial charge on any atom is -0.455 e. The smallest absolute Gasteiger partial charge is 0.207 e. The Hall–Kier alpha value is -5.91. The zero-order chi connectivity index (χ0) is 40.1. The molecule has 4 fully saturated rings. The number of nitrogens with zero attached hydrogens (tertiary/aromatic N) is 1. The van der Waals surface area contributed by atoms with E-state index in [1.54, 1.807) is 0 Å². The number of fused-ring (bicyclic) bond motifs is 8. The Kier molecular flexibility index (Phi) is 7.04. The summed E-state index contributed by atoms with van der Waals surface area (Å²) in [7, 11) is -3.82.